The lowest BCUT2D eigenvalue weighted by Crippen LogP contribution is -2.07. The molecule has 0 radical (unpaired) electrons. The van der Waals surface area contributed by atoms with Gasteiger partial charge in [0.1, 0.15) is 0 Å². The molecule has 0 bridgehead atoms. The summed E-state index contributed by atoms with van der Waals surface area (Å²) in [6.45, 7) is 11.4. The number of benzene rings is 2. The maximum Gasteiger partial charge on any atom is 0.194 e. The summed E-state index contributed by atoms with van der Waals surface area (Å²) >= 11 is 12.0. The van der Waals surface area contributed by atoms with E-state index in [-0.39, 0.29) is 26.8 Å². The Balaban J connectivity index is 0.000000998. The molecule has 2 aromatic carbocycles. The van der Waals surface area contributed by atoms with Gasteiger partial charge in [0, 0.05) is 36.4 Å². The van der Waals surface area contributed by atoms with Gasteiger partial charge in [-0.15, -0.1) is 0 Å². The minimum Gasteiger partial charge on any atom is -0.394 e. The molecule has 0 amide bonds. The van der Waals surface area contributed by atoms with Crippen LogP contribution in [-0.2, 0) is 4.52 Å². The zero-order valence-electron chi connectivity index (χ0n) is 16.7. The molecular formula is C21H29Cl2O3P. The number of aliphatic hydroxyl groups excluding tert-OH is 1. The minimum atomic E-state index is -0.167. The Morgan fingerprint density at radius 3 is 2.19 bits per heavy atom. The Kier molecular flexibility index (Phi) is 13.6. The topological polar surface area (TPSA) is 46.5 Å². The van der Waals surface area contributed by atoms with Crippen LogP contribution >= 0.6 is 32.0 Å². The zero-order valence-corrected chi connectivity index (χ0v) is 19.2. The molecule has 0 saturated carbocycles. The van der Waals surface area contributed by atoms with E-state index in [0.29, 0.717) is 21.2 Å². The molecule has 1 N–H and O–H groups in total. The van der Waals surface area contributed by atoms with E-state index < -0.39 is 0 Å². The van der Waals surface area contributed by atoms with Gasteiger partial charge in [0.05, 0.1) is 11.1 Å². The van der Waals surface area contributed by atoms with Crippen LogP contribution in [-0.4, -0.2) is 23.1 Å². The largest absolute Gasteiger partial charge is 0.394 e. The van der Waals surface area contributed by atoms with Crippen molar-refractivity contribution < 1.29 is 14.4 Å². The summed E-state index contributed by atoms with van der Waals surface area (Å²) in [6, 6.07) is 12.3. The molecule has 27 heavy (non-hydrogen) atoms. The molecule has 0 fully saturated rings. The summed E-state index contributed by atoms with van der Waals surface area (Å²) < 4.78 is 5.58. The summed E-state index contributed by atoms with van der Waals surface area (Å²) in [5.41, 5.74) is 0.992. The van der Waals surface area contributed by atoms with Gasteiger partial charge in [-0.1, -0.05) is 55.2 Å². The van der Waals surface area contributed by atoms with Crippen LogP contribution in [0.4, 0.5) is 0 Å². The van der Waals surface area contributed by atoms with Crippen molar-refractivity contribution in [3.05, 3.63) is 63.6 Å². The Morgan fingerprint density at radius 1 is 1.04 bits per heavy atom. The highest BCUT2D eigenvalue weighted by atomic mass is 35.5. The average Bonchev–Trinajstić information content (AvgIpc) is 2.63. The lowest BCUT2D eigenvalue weighted by atomic mass is 10.0. The molecule has 0 heterocycles. The van der Waals surface area contributed by atoms with Gasteiger partial charge >= 0.3 is 0 Å². The Bertz CT molecular complexity index is 701. The van der Waals surface area contributed by atoms with Gasteiger partial charge in [0.25, 0.3) is 0 Å². The third-order valence-electron chi connectivity index (χ3n) is 2.71. The number of ketones is 1. The third-order valence-corrected chi connectivity index (χ3v) is 4.41. The summed E-state index contributed by atoms with van der Waals surface area (Å²) in [6.07, 6.45) is -0.00920. The van der Waals surface area contributed by atoms with Gasteiger partial charge < -0.3 is 9.63 Å². The lowest BCUT2D eigenvalue weighted by molar-refractivity contribution is 0.103. The molecule has 0 aliphatic heterocycles. The van der Waals surface area contributed by atoms with Crippen LogP contribution in [0.2, 0.25) is 10.0 Å². The normalized spacial score (nSPS) is 10.5. The van der Waals surface area contributed by atoms with Crippen LogP contribution in [0.3, 0.4) is 0 Å². The average molecular weight is 431 g/mol. The van der Waals surface area contributed by atoms with E-state index >= 15 is 0 Å². The maximum absolute atomic E-state index is 12.5. The van der Waals surface area contributed by atoms with Crippen LogP contribution in [0, 0.1) is 0 Å². The Hall–Kier alpha value is -0.960. The van der Waals surface area contributed by atoms with E-state index in [4.69, 9.17) is 32.8 Å². The monoisotopic (exact) mass is 430 g/mol. The van der Waals surface area contributed by atoms with Crippen molar-refractivity contribution in [3.63, 3.8) is 0 Å². The van der Waals surface area contributed by atoms with E-state index in [1.807, 2.05) is 45.9 Å². The fraction of sp³-hybridized carbons (Fsp3) is 0.381. The number of aliphatic hydroxyl groups is 1. The van der Waals surface area contributed by atoms with Gasteiger partial charge in [-0.05, 0) is 52.0 Å². The van der Waals surface area contributed by atoms with Crippen molar-refractivity contribution in [2.24, 2.45) is 0 Å². The van der Waals surface area contributed by atoms with Gasteiger partial charge in [-0.2, -0.15) is 0 Å². The highest BCUT2D eigenvalue weighted by molar-refractivity contribution is 7.41. The summed E-state index contributed by atoms with van der Waals surface area (Å²) in [5, 5.41) is 9.92. The fourth-order valence-corrected chi connectivity index (χ4v) is 2.86. The Morgan fingerprint density at radius 2 is 1.63 bits per heavy atom. The fourth-order valence-electron chi connectivity index (χ4n) is 1.74. The van der Waals surface area contributed by atoms with Gasteiger partial charge in [0.15, 0.2) is 5.78 Å². The van der Waals surface area contributed by atoms with Crippen molar-refractivity contribution in [3.8, 4) is 0 Å². The highest BCUT2D eigenvalue weighted by Gasteiger charge is 2.14. The van der Waals surface area contributed by atoms with Gasteiger partial charge in [-0.25, -0.2) is 0 Å². The van der Waals surface area contributed by atoms with E-state index in [2.05, 4.69) is 0 Å². The number of halogens is 2. The Labute approximate surface area is 174 Å². The van der Waals surface area contributed by atoms with Crippen LogP contribution in [0.1, 0.15) is 57.5 Å². The van der Waals surface area contributed by atoms with Crippen LogP contribution in [0.5, 0.6) is 0 Å². The number of rotatable bonds is 5. The first-order valence-electron chi connectivity index (χ1n) is 8.90. The van der Waals surface area contributed by atoms with E-state index in [0.717, 1.165) is 5.30 Å². The molecule has 0 aliphatic carbocycles. The second-order valence-corrected chi connectivity index (χ2v) is 7.76. The zero-order chi connectivity index (χ0) is 21.0. The van der Waals surface area contributed by atoms with Crippen molar-refractivity contribution >= 4 is 43.1 Å². The first-order chi connectivity index (χ1) is 12.7. The van der Waals surface area contributed by atoms with Crippen LogP contribution < -0.4 is 5.30 Å². The van der Waals surface area contributed by atoms with Gasteiger partial charge in [0.2, 0.25) is 0 Å². The first-order valence-corrected chi connectivity index (χ1v) is 10.6. The molecule has 0 aliphatic rings. The SMILES string of the molecule is CC.CC(C)O.CC(C)OPc1cccc(C(=O)c2cc(Cl)ccc2Cl)c1. The second kappa shape index (κ2) is 14.1. The van der Waals surface area contributed by atoms with E-state index in [9.17, 15) is 4.79 Å². The van der Waals surface area contributed by atoms with Crippen molar-refractivity contribution in [1.29, 1.82) is 0 Å². The van der Waals surface area contributed by atoms with Crippen LogP contribution in [0.25, 0.3) is 0 Å². The van der Waals surface area contributed by atoms with E-state index in [1.165, 1.54) is 0 Å². The quantitative estimate of drug-likeness (QED) is 0.448. The van der Waals surface area contributed by atoms with Gasteiger partial charge in [-0.3, -0.25) is 4.79 Å². The molecule has 2 rings (SSSR count). The first kappa shape index (κ1) is 26.0. The van der Waals surface area contributed by atoms with Crippen molar-refractivity contribution in [2.75, 3.05) is 0 Å². The molecule has 1 atom stereocenters. The molecule has 6 heteroatoms. The smallest absolute Gasteiger partial charge is 0.194 e. The highest BCUT2D eigenvalue weighted by Crippen LogP contribution is 2.24. The molecule has 2 aromatic rings. The number of carbonyl (C=O) groups excluding carboxylic acids is 1. The minimum absolute atomic E-state index is 0.140. The molecule has 150 valence electrons. The standard InChI is InChI=1S/C16H15Cl2O2P.C3H8O.C2H6/c1-10(2)20-21-13-5-3-4-11(8-13)16(19)14-9-12(17)6-7-15(14)18;1-3(2)4;1-2/h3-10,21H,1-2H3;3-4H,1-2H3;1-2H3. The summed E-state index contributed by atoms with van der Waals surface area (Å²) in [4.78, 5) is 12.5. The number of carbonyl (C=O) groups is 1. The van der Waals surface area contributed by atoms with E-state index in [1.54, 1.807) is 38.1 Å². The summed E-state index contributed by atoms with van der Waals surface area (Å²) in [7, 11) is 0.215. The van der Waals surface area contributed by atoms with Crippen molar-refractivity contribution in [1.82, 2.24) is 0 Å². The molecule has 0 aromatic heterocycles. The lowest BCUT2D eigenvalue weighted by Gasteiger charge is -2.09. The molecule has 0 spiro atoms. The molecule has 1 unspecified atom stereocenters. The molecular weight excluding hydrogens is 402 g/mol. The summed E-state index contributed by atoms with van der Waals surface area (Å²) in [5.74, 6) is -0.140. The molecule has 3 nitrogen and oxygen atoms in total. The predicted octanol–water partition coefficient (Wildman–Crippen LogP) is 6.28. The second-order valence-electron chi connectivity index (χ2n) is 5.90. The van der Waals surface area contributed by atoms with Crippen LogP contribution in [0.15, 0.2) is 42.5 Å². The predicted molar refractivity (Wildman–Crippen MR) is 119 cm³/mol. The van der Waals surface area contributed by atoms with Crippen molar-refractivity contribution in [2.45, 2.75) is 53.8 Å². The maximum atomic E-state index is 12.5. The number of hydrogen-bond donors (Lipinski definition) is 1. The number of hydrogen-bond acceptors (Lipinski definition) is 3. The third kappa shape index (κ3) is 10.8. The molecule has 0 saturated heterocycles.